The molecule has 0 N–H and O–H groups in total. The monoisotopic (exact) mass is 348 g/mol. The Morgan fingerprint density at radius 2 is 0.700 bits per heavy atom. The van der Waals surface area contributed by atoms with Crippen LogP contribution in [0.25, 0.3) is 0 Å². The SMILES string of the molecule is CC(C)SC(=C=C=C(SC(C)C)SC(C)C)SC(C)C. The lowest BCUT2D eigenvalue weighted by Gasteiger charge is -2.10. The summed E-state index contributed by atoms with van der Waals surface area (Å²) in [7, 11) is 0. The fraction of sp³-hybridized carbons (Fsp3) is 0.750. The lowest BCUT2D eigenvalue weighted by molar-refractivity contribution is 1.11. The second-order valence-electron chi connectivity index (χ2n) is 5.49. The van der Waals surface area contributed by atoms with Crippen LogP contribution in [0.3, 0.4) is 0 Å². The van der Waals surface area contributed by atoms with Gasteiger partial charge in [0.05, 0.1) is 8.47 Å². The smallest absolute Gasteiger partial charge is 0.0914 e. The van der Waals surface area contributed by atoms with E-state index in [4.69, 9.17) is 0 Å². The first-order valence-electron chi connectivity index (χ1n) is 7.13. The molecule has 0 atom stereocenters. The van der Waals surface area contributed by atoms with Crippen LogP contribution < -0.4 is 0 Å². The summed E-state index contributed by atoms with van der Waals surface area (Å²) in [5.74, 6) is 0. The summed E-state index contributed by atoms with van der Waals surface area (Å²) in [6.45, 7) is 17.8. The summed E-state index contributed by atoms with van der Waals surface area (Å²) >= 11 is 7.53. The van der Waals surface area contributed by atoms with Crippen LogP contribution >= 0.6 is 47.0 Å². The molecule has 4 heteroatoms. The zero-order valence-corrected chi connectivity index (χ0v) is 17.2. The van der Waals surface area contributed by atoms with Crippen molar-refractivity contribution < 1.29 is 0 Å². The molecule has 0 bridgehead atoms. The van der Waals surface area contributed by atoms with Crippen LogP contribution in [-0.4, -0.2) is 21.0 Å². The molecule has 0 amide bonds. The summed E-state index contributed by atoms with van der Waals surface area (Å²) in [6, 6.07) is 0. The van der Waals surface area contributed by atoms with Crippen LogP contribution in [0.4, 0.5) is 0 Å². The molecular weight excluding hydrogens is 320 g/mol. The number of rotatable bonds is 8. The standard InChI is InChI=1S/C16H28S4/c1-11(2)17-15(18-12(3)4)9-10-16(19-13(5)6)20-14(7)8/h11-14H,1-8H3. The van der Waals surface area contributed by atoms with Gasteiger partial charge >= 0.3 is 0 Å². The molecule has 0 aliphatic heterocycles. The summed E-state index contributed by atoms with van der Waals surface area (Å²) in [5, 5.41) is 2.35. The molecule has 0 aromatic rings. The molecular formula is C16H28S4. The Kier molecular flexibility index (Phi) is 11.7. The predicted molar refractivity (Wildman–Crippen MR) is 105 cm³/mol. The zero-order chi connectivity index (χ0) is 15.7. The highest BCUT2D eigenvalue weighted by molar-refractivity contribution is 8.23. The van der Waals surface area contributed by atoms with E-state index in [9.17, 15) is 0 Å². The van der Waals surface area contributed by atoms with Gasteiger partial charge in [0, 0.05) is 21.0 Å². The number of thioether (sulfide) groups is 4. The van der Waals surface area contributed by atoms with Crippen molar-refractivity contribution in [2.24, 2.45) is 0 Å². The van der Waals surface area contributed by atoms with Gasteiger partial charge < -0.3 is 0 Å². The topological polar surface area (TPSA) is 0 Å². The Bertz CT molecular complexity index is 308. The molecule has 0 nitrogen and oxygen atoms in total. The molecule has 0 heterocycles. The van der Waals surface area contributed by atoms with E-state index in [1.807, 2.05) is 47.0 Å². The van der Waals surface area contributed by atoms with E-state index in [1.54, 1.807) is 0 Å². The van der Waals surface area contributed by atoms with Crippen LogP contribution in [0.2, 0.25) is 0 Å². The van der Waals surface area contributed by atoms with Crippen molar-refractivity contribution in [2.45, 2.75) is 76.4 Å². The highest BCUT2D eigenvalue weighted by Gasteiger charge is 2.07. The van der Waals surface area contributed by atoms with Crippen molar-refractivity contribution in [2.75, 3.05) is 0 Å². The Hall–Kier alpha value is 0.700. The van der Waals surface area contributed by atoms with Gasteiger partial charge in [0.15, 0.2) is 0 Å². The summed E-state index contributed by atoms with van der Waals surface area (Å²) < 4.78 is 2.50. The lowest BCUT2D eigenvalue weighted by Crippen LogP contribution is -1.91. The summed E-state index contributed by atoms with van der Waals surface area (Å²) in [6.07, 6.45) is 0. The molecule has 0 aliphatic carbocycles. The maximum absolute atomic E-state index is 3.41. The number of hydrogen-bond acceptors (Lipinski definition) is 4. The lowest BCUT2D eigenvalue weighted by atomic mass is 10.6. The first-order valence-corrected chi connectivity index (χ1v) is 10.6. The fourth-order valence-electron chi connectivity index (χ4n) is 1.13. The maximum Gasteiger partial charge on any atom is 0.0914 e. The average molecular weight is 349 g/mol. The van der Waals surface area contributed by atoms with Crippen molar-refractivity contribution in [3.05, 3.63) is 19.9 Å². The van der Waals surface area contributed by atoms with E-state index in [0.29, 0.717) is 21.0 Å². The van der Waals surface area contributed by atoms with E-state index < -0.39 is 0 Å². The molecule has 0 aromatic heterocycles. The minimum Gasteiger partial charge on any atom is -0.107 e. The van der Waals surface area contributed by atoms with Gasteiger partial charge in [-0.05, 0) is 11.5 Å². The van der Waals surface area contributed by atoms with Crippen molar-refractivity contribution in [3.8, 4) is 0 Å². The largest absolute Gasteiger partial charge is 0.107 e. The number of hydrogen-bond donors (Lipinski definition) is 0. The van der Waals surface area contributed by atoms with E-state index in [1.165, 1.54) is 8.47 Å². The predicted octanol–water partition coefficient (Wildman–Crippen LogP) is 6.99. The van der Waals surface area contributed by atoms with Crippen LogP contribution in [0, 0.1) is 0 Å². The Labute approximate surface area is 143 Å². The second kappa shape index (κ2) is 11.3. The third kappa shape index (κ3) is 12.4. The minimum absolute atomic E-state index is 0.588. The third-order valence-electron chi connectivity index (χ3n) is 1.64. The molecule has 0 unspecified atom stereocenters. The van der Waals surface area contributed by atoms with Crippen molar-refractivity contribution >= 4 is 47.0 Å². The highest BCUT2D eigenvalue weighted by Crippen LogP contribution is 2.35. The van der Waals surface area contributed by atoms with Gasteiger partial charge in [0.2, 0.25) is 0 Å². The summed E-state index contributed by atoms with van der Waals surface area (Å²) in [5.41, 5.74) is 6.81. The fourth-order valence-corrected chi connectivity index (χ4v) is 6.04. The normalized spacial score (nSPS) is 11.2. The minimum atomic E-state index is 0.588. The van der Waals surface area contributed by atoms with Crippen molar-refractivity contribution in [1.82, 2.24) is 0 Å². The quantitative estimate of drug-likeness (QED) is 0.433. The average Bonchev–Trinajstić information content (AvgIpc) is 2.22. The van der Waals surface area contributed by atoms with Gasteiger partial charge in [-0.25, -0.2) is 0 Å². The molecule has 0 fully saturated rings. The zero-order valence-electron chi connectivity index (χ0n) is 13.9. The van der Waals surface area contributed by atoms with Gasteiger partial charge in [-0.2, -0.15) is 0 Å². The molecule has 20 heavy (non-hydrogen) atoms. The van der Waals surface area contributed by atoms with E-state index in [2.05, 4.69) is 66.9 Å². The second-order valence-corrected chi connectivity index (χ2v) is 12.4. The molecule has 0 aromatic carbocycles. The Morgan fingerprint density at radius 3 is 0.850 bits per heavy atom. The molecule has 0 aliphatic rings. The maximum atomic E-state index is 3.41. The molecule has 0 spiro atoms. The van der Waals surface area contributed by atoms with Gasteiger partial charge in [0.25, 0.3) is 0 Å². The Morgan fingerprint density at radius 1 is 0.500 bits per heavy atom. The van der Waals surface area contributed by atoms with Crippen molar-refractivity contribution in [1.29, 1.82) is 0 Å². The van der Waals surface area contributed by atoms with E-state index in [0.717, 1.165) is 0 Å². The van der Waals surface area contributed by atoms with Gasteiger partial charge in [0.1, 0.15) is 0 Å². The van der Waals surface area contributed by atoms with Crippen LogP contribution in [0.1, 0.15) is 55.4 Å². The van der Waals surface area contributed by atoms with Crippen LogP contribution in [0.5, 0.6) is 0 Å². The van der Waals surface area contributed by atoms with Crippen LogP contribution in [-0.2, 0) is 0 Å². The van der Waals surface area contributed by atoms with Gasteiger partial charge in [-0.1, -0.05) is 55.4 Å². The highest BCUT2D eigenvalue weighted by atomic mass is 32.2. The molecule has 0 saturated heterocycles. The van der Waals surface area contributed by atoms with E-state index in [-0.39, 0.29) is 0 Å². The molecule has 116 valence electrons. The first-order chi connectivity index (χ1) is 9.20. The van der Waals surface area contributed by atoms with Gasteiger partial charge in [-0.15, -0.1) is 47.0 Å². The van der Waals surface area contributed by atoms with Crippen molar-refractivity contribution in [3.63, 3.8) is 0 Å². The third-order valence-corrected chi connectivity index (χ3v) is 5.94. The van der Waals surface area contributed by atoms with Gasteiger partial charge in [-0.3, -0.25) is 0 Å². The van der Waals surface area contributed by atoms with E-state index >= 15 is 0 Å². The first kappa shape index (κ1) is 20.7. The molecule has 0 saturated carbocycles. The molecule has 0 rings (SSSR count). The van der Waals surface area contributed by atoms with Crippen LogP contribution in [0.15, 0.2) is 19.9 Å². The molecule has 0 radical (unpaired) electrons. The summed E-state index contributed by atoms with van der Waals surface area (Å²) in [4.78, 5) is 0. The Balaban J connectivity index is 5.34.